The van der Waals surface area contributed by atoms with E-state index in [9.17, 15) is 30.3 Å². The number of rotatable bonds is 10. The minimum absolute atomic E-state index is 0.000248. The monoisotopic (exact) mass is 973 g/mol. The summed E-state index contributed by atoms with van der Waals surface area (Å²) in [7, 11) is 0. The van der Waals surface area contributed by atoms with E-state index in [0.717, 1.165) is 83.3 Å². The molecular weight excluding hydrogens is 905 g/mol. The summed E-state index contributed by atoms with van der Waals surface area (Å²) in [6.07, 6.45) is 15.4. The molecule has 5 aliphatic rings. The predicted molar refractivity (Wildman–Crippen MR) is 279 cm³/mol. The molecule has 5 aromatic rings. The maximum absolute atomic E-state index is 16.0. The van der Waals surface area contributed by atoms with Gasteiger partial charge in [0.1, 0.15) is 23.4 Å². The van der Waals surface area contributed by atoms with E-state index >= 15 is 4.79 Å². The van der Waals surface area contributed by atoms with E-state index in [-0.39, 0.29) is 54.9 Å². The fourth-order valence-corrected chi connectivity index (χ4v) is 12.0. The van der Waals surface area contributed by atoms with Crippen LogP contribution >= 0.6 is 0 Å². The molecule has 0 spiro atoms. The number of ketones is 2. The Labute approximate surface area is 422 Å². The van der Waals surface area contributed by atoms with E-state index in [1.807, 2.05) is 48.8 Å². The van der Waals surface area contributed by atoms with Gasteiger partial charge in [-0.15, -0.1) is 0 Å². The Kier molecular flexibility index (Phi) is 14.6. The van der Waals surface area contributed by atoms with Crippen molar-refractivity contribution < 1.29 is 39.9 Å². The highest BCUT2D eigenvalue weighted by atomic mass is 16.5. The Morgan fingerprint density at radius 3 is 2.54 bits per heavy atom. The smallest absolute Gasteiger partial charge is 0.161 e. The molecule has 0 amide bonds. The quantitative estimate of drug-likeness (QED) is 0.0373. The number of phenolic OH excluding ortho intramolecular Hbond substituents is 2. The van der Waals surface area contributed by atoms with Gasteiger partial charge in [0, 0.05) is 73.5 Å². The summed E-state index contributed by atoms with van der Waals surface area (Å²) in [6.45, 7) is 2.85. The zero-order chi connectivity index (χ0) is 49.9. The van der Waals surface area contributed by atoms with Crippen molar-refractivity contribution in [1.82, 2.24) is 15.3 Å². The topological polar surface area (TPSA) is 200 Å². The Bertz CT molecular complexity index is 2930. The van der Waals surface area contributed by atoms with Gasteiger partial charge < -0.3 is 50.9 Å². The number of aliphatic hydroxyl groups is 3. The van der Waals surface area contributed by atoms with Crippen LogP contribution in [0.5, 0.6) is 17.2 Å². The van der Waals surface area contributed by atoms with Crippen LogP contribution in [0.4, 0.5) is 5.82 Å². The van der Waals surface area contributed by atoms with Crippen LogP contribution in [-0.4, -0.2) is 90.6 Å². The fraction of sp³-hybridized carbons (Fsp3) is 0.433. The second-order valence-corrected chi connectivity index (χ2v) is 20.9. The largest absolute Gasteiger partial charge is 0.507 e. The molecule has 2 aliphatic heterocycles. The first-order valence-electron chi connectivity index (χ1n) is 26.2. The zero-order valence-corrected chi connectivity index (χ0v) is 41.2. The number of carbonyl (C=O) groups excluding carboxylic acids is 2. The van der Waals surface area contributed by atoms with Crippen LogP contribution in [0.1, 0.15) is 126 Å². The van der Waals surface area contributed by atoms with Gasteiger partial charge in [-0.3, -0.25) is 9.59 Å². The predicted octanol–water partition coefficient (Wildman–Crippen LogP) is 8.23. The third-order valence-electron chi connectivity index (χ3n) is 15.9. The second-order valence-electron chi connectivity index (χ2n) is 20.9. The van der Waals surface area contributed by atoms with Gasteiger partial charge in [0.2, 0.25) is 0 Å². The van der Waals surface area contributed by atoms with Crippen molar-refractivity contribution in [3.63, 3.8) is 0 Å². The van der Waals surface area contributed by atoms with Gasteiger partial charge in [-0.25, -0.2) is 0 Å². The van der Waals surface area contributed by atoms with Gasteiger partial charge in [-0.05, 0) is 152 Å². The Morgan fingerprint density at radius 2 is 1.71 bits per heavy atom. The lowest BCUT2D eigenvalue weighted by molar-refractivity contribution is -0.135. The SMILES string of the molecule is CCCNCC1C#CC2Nc3[nH]ccc3Cc3cc(ccc3CC1O)Cc1cc(cc(OC3CCCC3)c1O)CCC(=O)C(CCO)C(=O)C1C2=Cc2[nH]ccc2C1CC1(O)C=Cc2c(O)cccc2CC1. The van der Waals surface area contributed by atoms with Gasteiger partial charge in [0.15, 0.2) is 17.3 Å². The molecule has 0 radical (unpaired) electrons. The first-order chi connectivity index (χ1) is 35.0. The van der Waals surface area contributed by atoms with E-state index in [1.165, 1.54) is 0 Å². The summed E-state index contributed by atoms with van der Waals surface area (Å²) in [5, 5.41) is 65.8. The highest BCUT2D eigenvalue weighted by molar-refractivity contribution is 6.05. The summed E-state index contributed by atoms with van der Waals surface area (Å²) >= 11 is 0. The highest BCUT2D eigenvalue weighted by Gasteiger charge is 2.46. The van der Waals surface area contributed by atoms with E-state index < -0.39 is 48.0 Å². The van der Waals surface area contributed by atoms with Crippen LogP contribution in [0.3, 0.4) is 0 Å². The van der Waals surface area contributed by atoms with Gasteiger partial charge in [0.05, 0.1) is 29.6 Å². The van der Waals surface area contributed by atoms with E-state index in [1.54, 1.807) is 24.3 Å². The third-order valence-corrected chi connectivity index (χ3v) is 15.9. The number of anilines is 1. The molecule has 10 rings (SSSR count). The maximum atomic E-state index is 16.0. The Balaban J connectivity index is 1.15. The number of aryl methyl sites for hydroxylation is 2. The number of hydrogen-bond acceptors (Lipinski definition) is 10. The number of benzene rings is 3. The molecule has 3 aliphatic carbocycles. The molecule has 5 bridgehead atoms. The van der Waals surface area contributed by atoms with Crippen LogP contribution in [0.15, 0.2) is 84.7 Å². The molecule has 4 heterocycles. The number of phenols is 2. The van der Waals surface area contributed by atoms with Crippen LogP contribution in [0.2, 0.25) is 0 Å². The summed E-state index contributed by atoms with van der Waals surface area (Å²) in [5.74, 6) is 4.28. The lowest BCUT2D eigenvalue weighted by Gasteiger charge is -2.39. The average molecular weight is 973 g/mol. The normalized spacial score (nSPS) is 25.3. The zero-order valence-electron chi connectivity index (χ0n) is 41.2. The third kappa shape index (κ3) is 10.4. The van der Waals surface area contributed by atoms with Crippen LogP contribution < -0.4 is 15.4 Å². The number of carbonyl (C=O) groups is 2. The summed E-state index contributed by atoms with van der Waals surface area (Å²) in [6, 6.07) is 18.6. The van der Waals surface area contributed by atoms with Crippen molar-refractivity contribution in [2.75, 3.05) is 25.0 Å². The first-order valence-corrected chi connectivity index (χ1v) is 26.2. The minimum atomic E-state index is -1.44. The molecule has 12 heteroatoms. The van der Waals surface area contributed by atoms with Crippen molar-refractivity contribution >= 4 is 29.5 Å². The molecule has 1 saturated carbocycles. The number of fused-ring (bicyclic) bond motifs is 8. The molecule has 1 fully saturated rings. The summed E-state index contributed by atoms with van der Waals surface area (Å²) in [4.78, 5) is 37.8. The van der Waals surface area contributed by atoms with Gasteiger partial charge >= 0.3 is 0 Å². The van der Waals surface area contributed by atoms with Gasteiger partial charge in [-0.2, -0.15) is 0 Å². The second kappa shape index (κ2) is 21.4. The average Bonchev–Trinajstić information content (AvgIpc) is 4.15. The van der Waals surface area contributed by atoms with Crippen LogP contribution in [0, 0.1) is 29.6 Å². The van der Waals surface area contributed by atoms with E-state index in [4.69, 9.17) is 4.74 Å². The number of aromatic hydroxyl groups is 2. The van der Waals surface area contributed by atoms with Crippen LogP contribution in [-0.2, 0) is 41.7 Å². The first kappa shape index (κ1) is 49.2. The molecule has 7 atom stereocenters. The van der Waals surface area contributed by atoms with Crippen molar-refractivity contribution in [2.45, 2.75) is 127 Å². The highest BCUT2D eigenvalue weighted by Crippen LogP contribution is 2.48. The molecule has 9 N–H and O–H groups in total. The number of ether oxygens (including phenoxy) is 1. The van der Waals surface area contributed by atoms with E-state index in [2.05, 4.69) is 57.6 Å². The number of aromatic amines is 2. The Hall–Kier alpha value is -6.36. The number of hydrogen-bond donors (Lipinski definition) is 9. The molecule has 3 aromatic carbocycles. The molecule has 12 nitrogen and oxygen atoms in total. The van der Waals surface area contributed by atoms with Crippen molar-refractivity contribution in [3.05, 3.63) is 140 Å². The van der Waals surface area contributed by atoms with Crippen LogP contribution in [0.25, 0.3) is 12.2 Å². The van der Waals surface area contributed by atoms with Crippen molar-refractivity contribution in [2.24, 2.45) is 17.8 Å². The molecule has 376 valence electrons. The number of nitrogens with one attached hydrogen (secondary N) is 4. The molecule has 2 aromatic heterocycles. The lowest BCUT2D eigenvalue weighted by Crippen LogP contribution is -2.43. The van der Waals surface area contributed by atoms with Gasteiger partial charge in [0.25, 0.3) is 0 Å². The summed E-state index contributed by atoms with van der Waals surface area (Å²) in [5.41, 5.74) is 7.68. The molecular formula is C60H68N4O8. The number of aromatic nitrogens is 2. The van der Waals surface area contributed by atoms with Crippen molar-refractivity contribution in [3.8, 4) is 29.1 Å². The fourth-order valence-electron chi connectivity index (χ4n) is 12.0. The van der Waals surface area contributed by atoms with Crippen molar-refractivity contribution in [1.29, 1.82) is 0 Å². The standard InChI is InChI=1S/C60H68N4O8/c1-2-23-61-35-41-13-14-50-48-33-51-46(19-25-62-51)49(34-60(71)21-16-38-6-5-9-52(66)45(38)17-22-60)56(48)58(70)47(20-26-65)53(67)15-11-37-29-43(57(69)55(30-37)72-44-7-3-4-8-44)28-36-10-12-39(32-54(41)68)42(27-36)31-40-18-24-63-59(40)64-50/h5-6,9-10,12,17-19,22,24-25,27,29-30,33,41,44,47,49-50,54,56,61-66,68-69,71H,2-4,7-8,11,15-16,20-21,23,26,28,31-32,34-35H2,1H3. The summed E-state index contributed by atoms with van der Waals surface area (Å²) < 4.78 is 6.51. The number of H-pyrrole nitrogens is 2. The lowest BCUT2D eigenvalue weighted by atomic mass is 9.65. The molecule has 7 unspecified atom stereocenters. The molecule has 0 saturated heterocycles. The van der Waals surface area contributed by atoms with E-state index in [0.29, 0.717) is 66.9 Å². The number of aliphatic hydroxyl groups excluding tert-OH is 2. The Morgan fingerprint density at radius 1 is 0.875 bits per heavy atom. The minimum Gasteiger partial charge on any atom is -0.507 e. The maximum Gasteiger partial charge on any atom is 0.161 e. The number of Topliss-reactive ketones (excluding diaryl/α,β-unsaturated/α-hetero) is 2. The van der Waals surface area contributed by atoms with Gasteiger partial charge in [-0.1, -0.05) is 67.3 Å². The molecule has 72 heavy (non-hydrogen) atoms.